The molecule has 4 rings (SSSR count). The number of halogens is 1. The number of aryl methyl sites for hydroxylation is 1. The summed E-state index contributed by atoms with van der Waals surface area (Å²) in [7, 11) is 3.23. The Morgan fingerprint density at radius 3 is 2.33 bits per heavy atom. The molecule has 7 nitrogen and oxygen atoms in total. The molecule has 0 saturated carbocycles. The third-order valence-corrected chi connectivity index (χ3v) is 8.62. The first kappa shape index (κ1) is 29.9. The molecule has 1 fully saturated rings. The third-order valence-electron chi connectivity index (χ3n) is 7.36. The molecule has 40 heavy (non-hydrogen) atoms. The zero-order chi connectivity index (χ0) is 28.5. The Bertz CT molecular complexity index is 1270. The van der Waals surface area contributed by atoms with E-state index in [-0.39, 0.29) is 18.4 Å². The van der Waals surface area contributed by atoms with E-state index in [0.717, 1.165) is 35.6 Å². The highest BCUT2D eigenvalue weighted by Gasteiger charge is 2.24. The molecule has 3 aromatic rings. The molecule has 214 valence electrons. The maximum Gasteiger partial charge on any atom is 0.254 e. The summed E-state index contributed by atoms with van der Waals surface area (Å²) in [5, 5.41) is 2.62. The lowest BCUT2D eigenvalue weighted by Crippen LogP contribution is -2.45. The minimum absolute atomic E-state index is 0.0195. The van der Waals surface area contributed by atoms with E-state index in [2.05, 4.69) is 17.9 Å². The van der Waals surface area contributed by atoms with E-state index in [1.165, 1.54) is 12.8 Å². The zero-order valence-electron chi connectivity index (χ0n) is 23.5. The molecule has 0 aliphatic carbocycles. The Balaban J connectivity index is 1.52. The number of carbonyl (C=O) groups excluding carboxylic acids is 2. The molecule has 1 aliphatic heterocycles. The van der Waals surface area contributed by atoms with Crippen LogP contribution in [0.2, 0.25) is 5.02 Å². The first-order valence-electron chi connectivity index (χ1n) is 13.7. The highest BCUT2D eigenvalue weighted by Crippen LogP contribution is 2.28. The number of ether oxygens (including phenoxy) is 2. The van der Waals surface area contributed by atoms with Gasteiger partial charge in [0.05, 0.1) is 20.8 Å². The fourth-order valence-electron chi connectivity index (χ4n) is 4.89. The molecule has 2 aromatic carbocycles. The van der Waals surface area contributed by atoms with Gasteiger partial charge in [0.2, 0.25) is 5.91 Å². The number of likely N-dealkylation sites (tertiary alicyclic amines) is 1. The number of hydrogen-bond acceptors (Lipinski definition) is 6. The van der Waals surface area contributed by atoms with Crippen molar-refractivity contribution in [2.75, 3.05) is 53.5 Å². The van der Waals surface area contributed by atoms with Gasteiger partial charge in [-0.25, -0.2) is 0 Å². The molecule has 2 heterocycles. The Hall–Kier alpha value is -3.07. The van der Waals surface area contributed by atoms with Crippen LogP contribution in [0.25, 0.3) is 0 Å². The molecule has 9 heteroatoms. The Morgan fingerprint density at radius 2 is 1.68 bits per heavy atom. The minimum Gasteiger partial charge on any atom is -0.493 e. The molecule has 0 spiro atoms. The van der Waals surface area contributed by atoms with E-state index in [9.17, 15) is 9.59 Å². The fraction of sp³-hybridized carbons (Fsp3) is 0.419. The standard InChI is InChI=1S/C31H38ClN3O4S/c1-23-13-19-40-29(23)21-34(16-12-24-6-11-27(38-2)28(20-24)39-3)30(36)22-35(18-17-33-14-4-5-15-33)31(37)25-7-9-26(32)10-8-25/h6-11,13,19-20H,4-5,12,14-18,21-22H2,1-3H3. The molecular weight excluding hydrogens is 546 g/mol. The van der Waals surface area contributed by atoms with Gasteiger partial charge in [-0.1, -0.05) is 17.7 Å². The van der Waals surface area contributed by atoms with Crippen LogP contribution >= 0.6 is 22.9 Å². The number of thiophene rings is 1. The molecule has 1 aliphatic rings. The SMILES string of the molecule is COc1ccc(CCN(Cc2sccc2C)C(=O)CN(CCN2CCCC2)C(=O)c2ccc(Cl)cc2)cc1OC. The summed E-state index contributed by atoms with van der Waals surface area (Å²) in [4.78, 5) is 34.5. The maximum atomic E-state index is 13.9. The average molecular weight is 584 g/mol. The van der Waals surface area contributed by atoms with Gasteiger partial charge < -0.3 is 24.2 Å². The van der Waals surface area contributed by atoms with Crippen molar-refractivity contribution in [2.45, 2.75) is 32.7 Å². The number of carbonyl (C=O) groups is 2. The van der Waals surface area contributed by atoms with Gasteiger partial charge >= 0.3 is 0 Å². The summed E-state index contributed by atoms with van der Waals surface area (Å²) in [5.74, 6) is 1.10. The molecule has 0 unspecified atom stereocenters. The van der Waals surface area contributed by atoms with Gasteiger partial charge in [-0.05, 0) is 98.2 Å². The maximum absolute atomic E-state index is 13.9. The third kappa shape index (κ3) is 7.99. The van der Waals surface area contributed by atoms with Crippen LogP contribution in [-0.2, 0) is 17.8 Å². The lowest BCUT2D eigenvalue weighted by atomic mass is 10.1. The molecule has 1 aromatic heterocycles. The van der Waals surface area contributed by atoms with E-state index in [1.54, 1.807) is 54.7 Å². The van der Waals surface area contributed by atoms with E-state index in [4.69, 9.17) is 21.1 Å². The average Bonchev–Trinajstić information content (AvgIpc) is 3.64. The Morgan fingerprint density at radius 1 is 0.950 bits per heavy atom. The highest BCUT2D eigenvalue weighted by atomic mass is 35.5. The predicted molar refractivity (Wildman–Crippen MR) is 161 cm³/mol. The van der Waals surface area contributed by atoms with E-state index >= 15 is 0 Å². The molecule has 0 radical (unpaired) electrons. The van der Waals surface area contributed by atoms with Crippen molar-refractivity contribution in [3.05, 3.63) is 80.5 Å². The smallest absolute Gasteiger partial charge is 0.254 e. The lowest BCUT2D eigenvalue weighted by molar-refractivity contribution is -0.132. The van der Waals surface area contributed by atoms with E-state index in [0.29, 0.717) is 48.1 Å². The van der Waals surface area contributed by atoms with Crippen LogP contribution in [-0.4, -0.2) is 80.0 Å². The summed E-state index contributed by atoms with van der Waals surface area (Å²) in [6.45, 7) is 6.42. The van der Waals surface area contributed by atoms with Crippen molar-refractivity contribution in [3.8, 4) is 11.5 Å². The van der Waals surface area contributed by atoms with Crippen molar-refractivity contribution in [2.24, 2.45) is 0 Å². The molecule has 2 amide bonds. The summed E-state index contributed by atoms with van der Waals surface area (Å²) in [6.07, 6.45) is 3.00. The van der Waals surface area contributed by atoms with Crippen LogP contribution in [0.15, 0.2) is 53.9 Å². The van der Waals surface area contributed by atoms with Crippen LogP contribution < -0.4 is 9.47 Å². The lowest BCUT2D eigenvalue weighted by Gasteiger charge is -2.29. The van der Waals surface area contributed by atoms with Crippen molar-refractivity contribution in [1.82, 2.24) is 14.7 Å². The second-order valence-electron chi connectivity index (χ2n) is 10.1. The zero-order valence-corrected chi connectivity index (χ0v) is 25.1. The molecule has 1 saturated heterocycles. The van der Waals surface area contributed by atoms with Gasteiger partial charge in [0.15, 0.2) is 11.5 Å². The summed E-state index contributed by atoms with van der Waals surface area (Å²) in [6, 6.07) is 14.8. The highest BCUT2D eigenvalue weighted by molar-refractivity contribution is 7.10. The van der Waals surface area contributed by atoms with Gasteiger partial charge in [-0.3, -0.25) is 9.59 Å². The van der Waals surface area contributed by atoms with Crippen LogP contribution in [0.4, 0.5) is 0 Å². The quantitative estimate of drug-likeness (QED) is 0.264. The normalized spacial score (nSPS) is 13.3. The number of amides is 2. The van der Waals surface area contributed by atoms with Gasteiger partial charge in [-0.15, -0.1) is 11.3 Å². The Kier molecular flexibility index (Phi) is 10.9. The first-order valence-corrected chi connectivity index (χ1v) is 14.9. The van der Waals surface area contributed by atoms with Crippen LogP contribution in [0.1, 0.15) is 39.2 Å². The largest absolute Gasteiger partial charge is 0.493 e. The Labute approximate surface area is 246 Å². The number of rotatable bonds is 13. The second-order valence-corrected chi connectivity index (χ2v) is 11.5. The van der Waals surface area contributed by atoms with Crippen LogP contribution in [0.5, 0.6) is 11.5 Å². The van der Waals surface area contributed by atoms with Crippen LogP contribution in [0.3, 0.4) is 0 Å². The number of hydrogen-bond donors (Lipinski definition) is 0. The van der Waals surface area contributed by atoms with Gasteiger partial charge in [-0.2, -0.15) is 0 Å². The second kappa shape index (κ2) is 14.5. The van der Waals surface area contributed by atoms with Gasteiger partial charge in [0.1, 0.15) is 6.54 Å². The summed E-state index contributed by atoms with van der Waals surface area (Å²) in [5.41, 5.74) is 2.74. The van der Waals surface area contributed by atoms with Gasteiger partial charge in [0, 0.05) is 35.1 Å². The minimum atomic E-state index is -0.156. The molecule has 0 N–H and O–H groups in total. The molecule has 0 atom stereocenters. The molecule has 0 bridgehead atoms. The van der Waals surface area contributed by atoms with Crippen molar-refractivity contribution >= 4 is 34.8 Å². The predicted octanol–water partition coefficient (Wildman–Crippen LogP) is 5.54. The number of nitrogens with zero attached hydrogens (tertiary/aromatic N) is 3. The van der Waals surface area contributed by atoms with Crippen molar-refractivity contribution in [1.29, 1.82) is 0 Å². The monoisotopic (exact) mass is 583 g/mol. The van der Waals surface area contributed by atoms with Crippen molar-refractivity contribution < 1.29 is 19.1 Å². The topological polar surface area (TPSA) is 62.3 Å². The number of benzene rings is 2. The van der Waals surface area contributed by atoms with Crippen molar-refractivity contribution in [3.63, 3.8) is 0 Å². The molecular formula is C31H38ClN3O4S. The number of methoxy groups -OCH3 is 2. The van der Waals surface area contributed by atoms with Crippen LogP contribution in [0, 0.1) is 6.92 Å². The fourth-order valence-corrected chi connectivity index (χ4v) is 5.94. The van der Waals surface area contributed by atoms with E-state index in [1.807, 2.05) is 28.5 Å². The first-order chi connectivity index (χ1) is 19.4. The summed E-state index contributed by atoms with van der Waals surface area (Å²) >= 11 is 7.71. The van der Waals surface area contributed by atoms with E-state index < -0.39 is 0 Å². The van der Waals surface area contributed by atoms with Gasteiger partial charge in [0.25, 0.3) is 5.91 Å². The summed E-state index contributed by atoms with van der Waals surface area (Å²) < 4.78 is 10.8.